The predicted octanol–water partition coefficient (Wildman–Crippen LogP) is 5.04. The van der Waals surface area contributed by atoms with Crippen molar-refractivity contribution in [1.29, 1.82) is 0 Å². The van der Waals surface area contributed by atoms with Gasteiger partial charge in [-0.15, -0.1) is 0 Å². The first-order valence-electron chi connectivity index (χ1n) is 7.86. The lowest BCUT2D eigenvalue weighted by Gasteiger charge is -2.33. The van der Waals surface area contributed by atoms with E-state index in [0.29, 0.717) is 12.5 Å². The lowest BCUT2D eigenvalue weighted by molar-refractivity contribution is 0.147. The Labute approximate surface area is 135 Å². The molecular weight excluding hydrogens is 315 g/mol. The van der Waals surface area contributed by atoms with Crippen molar-refractivity contribution in [3.05, 3.63) is 0 Å². The van der Waals surface area contributed by atoms with Gasteiger partial charge in [0.05, 0.1) is 0 Å². The van der Waals surface area contributed by atoms with Gasteiger partial charge in [-0.2, -0.15) is 0 Å². The lowest BCUT2D eigenvalue weighted by Crippen LogP contribution is -2.21. The summed E-state index contributed by atoms with van der Waals surface area (Å²) in [6.45, 7) is 2.83. The standard InChI is InChI=1S/C15H28O.Cl2OS/c1-12-2-4-13(5-3-12)10-14-6-8-15(11-16)9-7-14;1-4(2)3/h12-16H,2-11H2,1H3;. The van der Waals surface area contributed by atoms with Gasteiger partial charge in [0.1, 0.15) is 0 Å². The fourth-order valence-electron chi connectivity index (χ4n) is 3.69. The van der Waals surface area contributed by atoms with E-state index in [1.807, 2.05) is 0 Å². The fraction of sp³-hybridized carbons (Fsp3) is 1.00. The Balaban J connectivity index is 0.000000444. The van der Waals surface area contributed by atoms with Crippen molar-refractivity contribution in [3.63, 3.8) is 0 Å². The van der Waals surface area contributed by atoms with Crippen LogP contribution in [-0.4, -0.2) is 15.9 Å². The molecule has 0 heterocycles. The van der Waals surface area contributed by atoms with Gasteiger partial charge in [0.15, 0.2) is 0 Å². The second kappa shape index (κ2) is 10.4. The molecule has 0 radical (unpaired) electrons. The summed E-state index contributed by atoms with van der Waals surface area (Å²) in [6.07, 6.45) is 12.7. The molecule has 5 heteroatoms. The van der Waals surface area contributed by atoms with Crippen LogP contribution in [0.1, 0.15) is 64.7 Å². The van der Waals surface area contributed by atoms with Crippen LogP contribution in [0.15, 0.2) is 0 Å². The summed E-state index contributed by atoms with van der Waals surface area (Å²) in [4.78, 5) is 0. The maximum absolute atomic E-state index is 9.13. The molecule has 2 rings (SSSR count). The summed E-state index contributed by atoms with van der Waals surface area (Å²) in [6, 6.07) is 0. The first-order chi connectivity index (χ1) is 9.51. The summed E-state index contributed by atoms with van der Waals surface area (Å²) in [5.41, 5.74) is 0. The predicted molar refractivity (Wildman–Crippen MR) is 88.1 cm³/mol. The molecule has 2 aliphatic carbocycles. The molecule has 0 aromatic rings. The molecule has 0 aromatic heterocycles. The van der Waals surface area contributed by atoms with Gasteiger partial charge in [-0.05, 0) is 42.9 Å². The van der Waals surface area contributed by atoms with Crippen molar-refractivity contribution in [1.82, 2.24) is 0 Å². The summed E-state index contributed by atoms with van der Waals surface area (Å²) in [5, 5.41) is 9.13. The Morgan fingerprint density at radius 2 is 1.25 bits per heavy atom. The molecule has 0 aliphatic heterocycles. The number of aliphatic hydroxyl groups is 1. The third kappa shape index (κ3) is 8.21. The molecule has 2 nitrogen and oxygen atoms in total. The van der Waals surface area contributed by atoms with E-state index < -0.39 is 9.23 Å². The second-order valence-electron chi connectivity index (χ2n) is 6.62. The van der Waals surface area contributed by atoms with Gasteiger partial charge in [0, 0.05) is 28.0 Å². The maximum Gasteiger partial charge on any atom is 0.211 e. The molecule has 0 bridgehead atoms. The highest BCUT2D eigenvalue weighted by atomic mass is 36.0. The Morgan fingerprint density at radius 1 is 0.900 bits per heavy atom. The van der Waals surface area contributed by atoms with Crippen molar-refractivity contribution in [2.75, 3.05) is 6.61 Å². The summed E-state index contributed by atoms with van der Waals surface area (Å²) < 4.78 is 9.09. The number of rotatable bonds is 3. The van der Waals surface area contributed by atoms with E-state index in [1.54, 1.807) is 0 Å². The number of aliphatic hydroxyl groups excluding tert-OH is 1. The van der Waals surface area contributed by atoms with E-state index in [9.17, 15) is 0 Å². The van der Waals surface area contributed by atoms with E-state index in [0.717, 1.165) is 17.8 Å². The van der Waals surface area contributed by atoms with Gasteiger partial charge in [0.2, 0.25) is 9.23 Å². The molecule has 120 valence electrons. The van der Waals surface area contributed by atoms with E-state index in [4.69, 9.17) is 9.32 Å². The van der Waals surface area contributed by atoms with E-state index in [-0.39, 0.29) is 0 Å². The monoisotopic (exact) mass is 342 g/mol. The average Bonchev–Trinajstić information content (AvgIpc) is 2.42. The van der Waals surface area contributed by atoms with Crippen molar-refractivity contribution in [3.8, 4) is 0 Å². The van der Waals surface area contributed by atoms with Gasteiger partial charge < -0.3 is 5.11 Å². The van der Waals surface area contributed by atoms with Crippen molar-refractivity contribution < 1.29 is 9.32 Å². The number of halogens is 2. The molecule has 0 atom stereocenters. The van der Waals surface area contributed by atoms with E-state index >= 15 is 0 Å². The minimum Gasteiger partial charge on any atom is -0.396 e. The Bertz CT molecular complexity index is 269. The first-order valence-corrected chi connectivity index (χ1v) is 10.7. The molecular formula is C15H28Cl2O2S. The van der Waals surface area contributed by atoms with Gasteiger partial charge >= 0.3 is 0 Å². The minimum absolute atomic E-state index is 0.424. The zero-order valence-corrected chi connectivity index (χ0v) is 14.7. The second-order valence-corrected chi connectivity index (χ2v) is 9.14. The molecule has 0 spiro atoms. The van der Waals surface area contributed by atoms with E-state index in [2.05, 4.69) is 28.3 Å². The van der Waals surface area contributed by atoms with Gasteiger partial charge in [0.25, 0.3) is 0 Å². The highest BCUT2D eigenvalue weighted by molar-refractivity contribution is 8.26. The molecule has 2 fully saturated rings. The largest absolute Gasteiger partial charge is 0.396 e. The third-order valence-electron chi connectivity index (χ3n) is 5.03. The van der Waals surface area contributed by atoms with Gasteiger partial charge in [-0.25, -0.2) is 4.21 Å². The van der Waals surface area contributed by atoms with Crippen LogP contribution in [0.3, 0.4) is 0 Å². The SMILES string of the molecule is CC1CCC(CC2CCC(CO)CC2)CC1.O=S(Cl)Cl. The summed E-state index contributed by atoms with van der Waals surface area (Å²) in [7, 11) is 7.36. The highest BCUT2D eigenvalue weighted by Crippen LogP contribution is 2.37. The topological polar surface area (TPSA) is 37.3 Å². The number of hydrogen-bond acceptors (Lipinski definition) is 2. The normalized spacial score (nSPS) is 34.5. The molecule has 1 N–H and O–H groups in total. The molecule has 0 saturated heterocycles. The van der Waals surface area contributed by atoms with Crippen LogP contribution >= 0.6 is 21.4 Å². The Kier molecular flexibility index (Phi) is 9.76. The molecule has 0 unspecified atom stereocenters. The summed E-state index contributed by atoms with van der Waals surface area (Å²) in [5.74, 6) is 3.64. The molecule has 0 aromatic carbocycles. The first kappa shape index (κ1) is 18.7. The molecule has 20 heavy (non-hydrogen) atoms. The zero-order chi connectivity index (χ0) is 15.0. The lowest BCUT2D eigenvalue weighted by atomic mass is 9.73. The zero-order valence-electron chi connectivity index (χ0n) is 12.4. The van der Waals surface area contributed by atoms with Gasteiger partial charge in [-0.3, -0.25) is 0 Å². The quantitative estimate of drug-likeness (QED) is 0.729. The smallest absolute Gasteiger partial charge is 0.211 e. The molecule has 0 amide bonds. The van der Waals surface area contributed by atoms with Crippen molar-refractivity contribution >= 4 is 30.6 Å². The van der Waals surface area contributed by atoms with Crippen LogP contribution in [0.5, 0.6) is 0 Å². The van der Waals surface area contributed by atoms with Crippen LogP contribution in [0.25, 0.3) is 0 Å². The summed E-state index contributed by atoms with van der Waals surface area (Å²) >= 11 is 0. The molecule has 2 aliphatic rings. The average molecular weight is 343 g/mol. The van der Waals surface area contributed by atoms with E-state index in [1.165, 1.54) is 57.8 Å². The maximum atomic E-state index is 9.13. The van der Waals surface area contributed by atoms with Crippen LogP contribution < -0.4 is 0 Å². The highest BCUT2D eigenvalue weighted by Gasteiger charge is 2.25. The number of hydrogen-bond donors (Lipinski definition) is 1. The Hall–Kier alpha value is 0.690. The van der Waals surface area contributed by atoms with Crippen LogP contribution in [0.4, 0.5) is 0 Å². The molecule has 2 saturated carbocycles. The minimum atomic E-state index is -1.67. The van der Waals surface area contributed by atoms with Crippen LogP contribution in [-0.2, 0) is 9.23 Å². The van der Waals surface area contributed by atoms with Crippen LogP contribution in [0.2, 0.25) is 0 Å². The van der Waals surface area contributed by atoms with Crippen molar-refractivity contribution in [2.24, 2.45) is 23.7 Å². The fourth-order valence-corrected chi connectivity index (χ4v) is 3.69. The van der Waals surface area contributed by atoms with Crippen LogP contribution in [0, 0.1) is 23.7 Å². The van der Waals surface area contributed by atoms with Gasteiger partial charge in [-0.1, -0.05) is 45.4 Å². The third-order valence-corrected chi connectivity index (χ3v) is 5.03. The Morgan fingerprint density at radius 3 is 1.65 bits per heavy atom. The van der Waals surface area contributed by atoms with Crippen molar-refractivity contribution in [2.45, 2.75) is 64.7 Å².